The molecule has 0 saturated carbocycles. The SMILES string of the molecule is C.C.C.C.C.CC.CC.CC.CC.CC(C)c1ccc2c(n1)N(C)CCCC2.CC(C)c1ccccn1.CC(C)c1ccncn1.[CH2-]CN(C)c1[c-]ccc(C(C)C)n1.[Y]. The smallest absolute Gasteiger partial charge is 0.131 e. The average molecular weight is 913 g/mol. The molecule has 0 amide bonds. The normalized spacial score (nSPS) is 9.82. The van der Waals surface area contributed by atoms with E-state index in [4.69, 9.17) is 4.98 Å². The number of fused-ring (bicyclic) bond motifs is 1. The molecule has 349 valence electrons. The van der Waals surface area contributed by atoms with Gasteiger partial charge in [0.25, 0.3) is 0 Å². The fourth-order valence-electron chi connectivity index (χ4n) is 4.49. The van der Waals surface area contributed by atoms with Crippen molar-refractivity contribution < 1.29 is 32.7 Å². The third-order valence-corrected chi connectivity index (χ3v) is 7.59. The second kappa shape index (κ2) is 50.6. The molecule has 1 radical (unpaired) electrons. The Morgan fingerprint density at radius 3 is 1.53 bits per heavy atom. The molecule has 5 heterocycles. The van der Waals surface area contributed by atoms with Crippen LogP contribution in [0.4, 0.5) is 11.6 Å². The van der Waals surface area contributed by atoms with Gasteiger partial charge in [0.2, 0.25) is 0 Å². The Morgan fingerprint density at radius 2 is 1.13 bits per heavy atom. The van der Waals surface area contributed by atoms with E-state index in [1.807, 2.05) is 110 Å². The molecule has 60 heavy (non-hydrogen) atoms. The van der Waals surface area contributed by atoms with Gasteiger partial charge in [-0.05, 0) is 78.5 Å². The fraction of sp³-hybridized carbons (Fsp3) is 0.615. The van der Waals surface area contributed by atoms with Gasteiger partial charge in [-0.1, -0.05) is 160 Å². The van der Waals surface area contributed by atoms with Crippen molar-refractivity contribution in [3.05, 3.63) is 109 Å². The summed E-state index contributed by atoms with van der Waals surface area (Å²) >= 11 is 0. The van der Waals surface area contributed by atoms with Crippen LogP contribution in [0.1, 0.15) is 213 Å². The van der Waals surface area contributed by atoms with Crippen molar-refractivity contribution in [3.8, 4) is 0 Å². The summed E-state index contributed by atoms with van der Waals surface area (Å²) in [4.78, 5) is 25.6. The number of aryl methyl sites for hydroxylation is 1. The minimum absolute atomic E-state index is 0. The van der Waals surface area contributed by atoms with E-state index < -0.39 is 0 Å². The first-order chi connectivity index (χ1) is 25.9. The van der Waals surface area contributed by atoms with Crippen LogP contribution in [0.2, 0.25) is 0 Å². The fourth-order valence-corrected chi connectivity index (χ4v) is 4.49. The molecule has 0 aliphatic carbocycles. The summed E-state index contributed by atoms with van der Waals surface area (Å²) in [6.45, 7) is 38.8. The quantitative estimate of drug-likeness (QED) is 0.178. The van der Waals surface area contributed by atoms with Gasteiger partial charge < -0.3 is 16.7 Å². The van der Waals surface area contributed by atoms with E-state index in [1.165, 1.54) is 36.3 Å². The van der Waals surface area contributed by atoms with E-state index >= 15 is 0 Å². The van der Waals surface area contributed by atoms with Crippen molar-refractivity contribution >= 4 is 11.6 Å². The molecular formula is C52H101N7Y-2. The van der Waals surface area contributed by atoms with Crippen LogP contribution in [-0.4, -0.2) is 52.1 Å². The van der Waals surface area contributed by atoms with Crippen LogP contribution < -0.4 is 9.80 Å². The van der Waals surface area contributed by atoms with Gasteiger partial charge >= 0.3 is 0 Å². The zero-order valence-corrected chi connectivity index (χ0v) is 41.4. The van der Waals surface area contributed by atoms with Gasteiger partial charge in [-0.25, -0.2) is 27.1 Å². The molecule has 0 fully saturated rings. The van der Waals surface area contributed by atoms with Crippen LogP contribution in [0, 0.1) is 13.0 Å². The standard InChI is InChI=1S/C13H20N2.C11H16N2.C8H11N.C7H10N2.4C2H6.5CH4.Y/c1-10(2)12-8-7-11-6-4-5-9-15(3)13(11)14-12;1-5-13(4)11-8-6-7-10(12-11)9(2)3;1-7(2)8-5-3-4-6-9-8;1-6(2)7-3-4-8-5-9-7;4*1-2;;;;;;/h7-8,10H,4-6,9H2,1-3H3;6-7,9H,1,5H2,2-4H3;3-7H,1-2H3;3-6H,1-2H3;4*1-2H3;5*1H4;/q;-2;;;;;;;;;;;;. The summed E-state index contributed by atoms with van der Waals surface area (Å²) in [6, 6.07) is 19.4. The maximum atomic E-state index is 4.78. The Balaban J connectivity index is -0.0000000768. The molecule has 0 aromatic carbocycles. The maximum absolute atomic E-state index is 4.78. The van der Waals surface area contributed by atoms with Gasteiger partial charge in [-0.3, -0.25) is 9.97 Å². The molecule has 7 nitrogen and oxygen atoms in total. The second-order valence-electron chi connectivity index (χ2n) is 12.9. The number of hydrogen-bond acceptors (Lipinski definition) is 7. The van der Waals surface area contributed by atoms with Crippen LogP contribution in [-0.2, 0) is 39.1 Å². The Morgan fingerprint density at radius 1 is 0.633 bits per heavy atom. The Kier molecular flexibility index (Phi) is 65.6. The van der Waals surface area contributed by atoms with E-state index in [2.05, 4.69) is 112 Å². The van der Waals surface area contributed by atoms with E-state index in [0.29, 0.717) is 30.2 Å². The van der Waals surface area contributed by atoms with Crippen LogP contribution in [0.25, 0.3) is 0 Å². The molecular weight excluding hydrogens is 812 g/mol. The molecule has 0 saturated heterocycles. The number of anilines is 2. The molecule has 0 N–H and O–H groups in total. The van der Waals surface area contributed by atoms with Crippen molar-refractivity contribution in [2.75, 3.05) is 37.0 Å². The largest absolute Gasteiger partial charge is 0.405 e. The van der Waals surface area contributed by atoms with Crippen molar-refractivity contribution in [2.24, 2.45) is 0 Å². The first kappa shape index (κ1) is 77.8. The third-order valence-electron chi connectivity index (χ3n) is 7.59. The van der Waals surface area contributed by atoms with Gasteiger partial charge in [-0.15, -0.1) is 6.54 Å². The van der Waals surface area contributed by atoms with Crippen LogP contribution in [0.5, 0.6) is 0 Å². The molecule has 0 bridgehead atoms. The van der Waals surface area contributed by atoms with E-state index in [1.54, 1.807) is 12.5 Å². The first-order valence-corrected chi connectivity index (χ1v) is 20.7. The third kappa shape index (κ3) is 33.9. The van der Waals surface area contributed by atoms with Crippen molar-refractivity contribution in [1.29, 1.82) is 0 Å². The van der Waals surface area contributed by atoms with Gasteiger partial charge in [0.15, 0.2) is 0 Å². The van der Waals surface area contributed by atoms with E-state index in [9.17, 15) is 0 Å². The number of nitrogens with zero attached hydrogens (tertiary/aromatic N) is 7. The zero-order valence-electron chi connectivity index (χ0n) is 38.6. The molecule has 1 aliphatic heterocycles. The Bertz CT molecular complexity index is 1340. The molecule has 0 spiro atoms. The summed E-state index contributed by atoms with van der Waals surface area (Å²) in [5, 5.41) is 0. The van der Waals surface area contributed by atoms with Gasteiger partial charge in [-0.2, -0.15) is 6.07 Å². The summed E-state index contributed by atoms with van der Waals surface area (Å²) < 4.78 is 0. The first-order valence-electron chi connectivity index (χ1n) is 20.7. The molecule has 4 aromatic rings. The molecule has 1 aliphatic rings. The minimum Gasteiger partial charge on any atom is -0.405 e. The average Bonchev–Trinajstić information content (AvgIpc) is 3.42. The zero-order chi connectivity index (χ0) is 42.1. The number of pyridine rings is 3. The molecule has 8 heteroatoms. The van der Waals surface area contributed by atoms with Crippen molar-refractivity contribution in [2.45, 2.75) is 191 Å². The summed E-state index contributed by atoms with van der Waals surface area (Å²) in [7, 11) is 4.12. The van der Waals surface area contributed by atoms with E-state index in [0.717, 1.165) is 29.4 Å². The van der Waals surface area contributed by atoms with Crippen LogP contribution >= 0.6 is 0 Å². The molecule has 0 unspecified atom stereocenters. The molecule has 5 rings (SSSR count). The molecule has 0 atom stereocenters. The van der Waals surface area contributed by atoms with Crippen molar-refractivity contribution in [1.82, 2.24) is 24.9 Å². The van der Waals surface area contributed by atoms with E-state index in [-0.39, 0.29) is 69.8 Å². The minimum atomic E-state index is 0. The Hall–Kier alpha value is -2.77. The van der Waals surface area contributed by atoms with Gasteiger partial charge in [0.1, 0.15) is 12.1 Å². The number of rotatable bonds is 6. The summed E-state index contributed by atoms with van der Waals surface area (Å²) in [5.41, 5.74) is 6.00. The number of aromatic nitrogens is 5. The van der Waals surface area contributed by atoms with Crippen LogP contribution in [0.15, 0.2) is 67.3 Å². The second-order valence-corrected chi connectivity index (χ2v) is 12.9. The molecule has 4 aromatic heterocycles. The predicted octanol–water partition coefficient (Wildman–Crippen LogP) is 16.3. The number of hydrogen-bond donors (Lipinski definition) is 0. The van der Waals surface area contributed by atoms with Gasteiger partial charge in [0, 0.05) is 88.6 Å². The van der Waals surface area contributed by atoms with Crippen LogP contribution in [0.3, 0.4) is 0 Å². The monoisotopic (exact) mass is 913 g/mol. The summed E-state index contributed by atoms with van der Waals surface area (Å²) in [5.74, 6) is 4.12. The van der Waals surface area contributed by atoms with Crippen molar-refractivity contribution in [3.63, 3.8) is 0 Å². The predicted molar refractivity (Wildman–Crippen MR) is 274 cm³/mol. The Labute approximate surface area is 403 Å². The topological polar surface area (TPSA) is 70.9 Å². The maximum Gasteiger partial charge on any atom is 0.131 e. The van der Waals surface area contributed by atoms with Gasteiger partial charge in [0.05, 0.1) is 0 Å². The summed E-state index contributed by atoms with van der Waals surface area (Å²) in [6.07, 6.45) is 8.93.